The molecule has 5 heteroatoms. The Kier molecular flexibility index (Phi) is 3.19. The number of hydrogen-bond donors (Lipinski definition) is 1. The Bertz CT molecular complexity index is 537. The van der Waals surface area contributed by atoms with Crippen LogP contribution in [0.5, 0.6) is 0 Å². The van der Waals surface area contributed by atoms with Gasteiger partial charge in [-0.2, -0.15) is 0 Å². The highest BCUT2D eigenvalue weighted by Crippen LogP contribution is 2.21. The molecule has 0 fully saturated rings. The van der Waals surface area contributed by atoms with E-state index in [0.29, 0.717) is 18.9 Å². The van der Waals surface area contributed by atoms with Crippen LogP contribution < -0.4 is 0 Å². The van der Waals surface area contributed by atoms with Crippen LogP contribution in [0, 0.1) is 5.41 Å². The van der Waals surface area contributed by atoms with Crippen molar-refractivity contribution in [3.05, 3.63) is 35.4 Å². The number of rotatable bonds is 4. The number of amidine groups is 1. The summed E-state index contributed by atoms with van der Waals surface area (Å²) >= 11 is 0. The van der Waals surface area contributed by atoms with Gasteiger partial charge in [0, 0.05) is 24.4 Å². The van der Waals surface area contributed by atoms with Gasteiger partial charge in [0.2, 0.25) is 0 Å². The lowest BCUT2D eigenvalue weighted by molar-refractivity contribution is 0.450. The topological polar surface area (TPSA) is 61.2 Å². The van der Waals surface area contributed by atoms with E-state index in [9.17, 15) is 8.42 Å². The highest BCUT2D eigenvalue weighted by Gasteiger charge is 2.24. The van der Waals surface area contributed by atoms with Gasteiger partial charge in [-0.15, -0.1) is 0 Å². The maximum Gasteiger partial charge on any atom is 0.151 e. The van der Waals surface area contributed by atoms with Gasteiger partial charge in [-0.05, 0) is 5.56 Å². The molecule has 0 saturated carbocycles. The molecule has 1 aromatic carbocycles. The molecule has 4 nitrogen and oxygen atoms in total. The summed E-state index contributed by atoms with van der Waals surface area (Å²) in [6.07, 6.45) is 0. The fourth-order valence-electron chi connectivity index (χ4n) is 1.93. The van der Waals surface area contributed by atoms with Crippen LogP contribution in [-0.2, 0) is 16.4 Å². The van der Waals surface area contributed by atoms with Gasteiger partial charge < -0.3 is 4.90 Å². The second kappa shape index (κ2) is 4.49. The van der Waals surface area contributed by atoms with Crippen LogP contribution >= 0.6 is 0 Å². The number of fused-ring (bicyclic) bond motifs is 1. The lowest BCUT2D eigenvalue weighted by atomic mass is 10.1. The van der Waals surface area contributed by atoms with E-state index in [-0.39, 0.29) is 11.5 Å². The van der Waals surface area contributed by atoms with Crippen LogP contribution in [0.1, 0.15) is 18.1 Å². The Hall–Kier alpha value is -1.36. The second-order valence-electron chi connectivity index (χ2n) is 4.16. The molecule has 1 aromatic rings. The predicted molar refractivity (Wildman–Crippen MR) is 68.0 cm³/mol. The molecule has 0 atom stereocenters. The third-order valence-corrected chi connectivity index (χ3v) is 4.75. The van der Waals surface area contributed by atoms with Gasteiger partial charge in [0.25, 0.3) is 0 Å². The largest absolute Gasteiger partial charge is 0.351 e. The third-order valence-electron chi connectivity index (χ3n) is 3.06. The van der Waals surface area contributed by atoms with Crippen LogP contribution in [-0.4, -0.2) is 37.2 Å². The van der Waals surface area contributed by atoms with Crippen molar-refractivity contribution in [2.24, 2.45) is 0 Å². The van der Waals surface area contributed by atoms with Crippen LogP contribution in [0.2, 0.25) is 0 Å². The van der Waals surface area contributed by atoms with E-state index in [1.165, 1.54) is 0 Å². The summed E-state index contributed by atoms with van der Waals surface area (Å²) in [5, 5.41) is 7.98. The number of nitrogens with zero attached hydrogens (tertiary/aromatic N) is 1. The van der Waals surface area contributed by atoms with Gasteiger partial charge >= 0.3 is 0 Å². The Morgan fingerprint density at radius 3 is 2.71 bits per heavy atom. The lowest BCUT2D eigenvalue weighted by Crippen LogP contribution is -2.30. The summed E-state index contributed by atoms with van der Waals surface area (Å²) in [6, 6.07) is 7.74. The Balaban J connectivity index is 2.06. The van der Waals surface area contributed by atoms with Crippen molar-refractivity contribution in [3.8, 4) is 0 Å². The minimum Gasteiger partial charge on any atom is -0.351 e. The van der Waals surface area contributed by atoms with E-state index in [2.05, 4.69) is 0 Å². The van der Waals surface area contributed by atoms with Crippen molar-refractivity contribution < 1.29 is 8.42 Å². The van der Waals surface area contributed by atoms with Crippen molar-refractivity contribution in [1.82, 2.24) is 4.90 Å². The van der Waals surface area contributed by atoms with Gasteiger partial charge in [-0.1, -0.05) is 31.2 Å². The third kappa shape index (κ3) is 2.49. The molecule has 17 heavy (non-hydrogen) atoms. The number of hydrogen-bond acceptors (Lipinski definition) is 3. The van der Waals surface area contributed by atoms with E-state index in [4.69, 9.17) is 5.41 Å². The molecule has 1 aliphatic rings. The Morgan fingerprint density at radius 2 is 2.06 bits per heavy atom. The molecule has 0 radical (unpaired) electrons. The van der Waals surface area contributed by atoms with E-state index >= 15 is 0 Å². The molecule has 2 rings (SSSR count). The first-order valence-electron chi connectivity index (χ1n) is 5.65. The summed E-state index contributed by atoms with van der Waals surface area (Å²) in [5.41, 5.74) is 2.02. The van der Waals surface area contributed by atoms with Crippen molar-refractivity contribution in [1.29, 1.82) is 5.41 Å². The first-order chi connectivity index (χ1) is 8.03. The molecule has 0 amide bonds. The average Bonchev–Trinajstić information content (AvgIpc) is 2.65. The number of benzene rings is 1. The average molecular weight is 252 g/mol. The van der Waals surface area contributed by atoms with Gasteiger partial charge in [-0.25, -0.2) is 8.42 Å². The molecule has 0 unspecified atom stereocenters. The van der Waals surface area contributed by atoms with Crippen LogP contribution in [0.4, 0.5) is 0 Å². The van der Waals surface area contributed by atoms with Crippen LogP contribution in [0.3, 0.4) is 0 Å². The molecular formula is C12H16N2O2S. The van der Waals surface area contributed by atoms with Crippen molar-refractivity contribution in [2.75, 3.05) is 18.1 Å². The molecule has 0 aliphatic carbocycles. The molecule has 1 heterocycles. The summed E-state index contributed by atoms with van der Waals surface area (Å²) < 4.78 is 22.9. The maximum atomic E-state index is 11.4. The summed E-state index contributed by atoms with van der Waals surface area (Å²) in [6.45, 7) is 2.71. The van der Waals surface area contributed by atoms with Crippen molar-refractivity contribution >= 4 is 15.7 Å². The predicted octanol–water partition coefficient (Wildman–Crippen LogP) is 1.26. The van der Waals surface area contributed by atoms with Crippen LogP contribution in [0.25, 0.3) is 0 Å². The normalized spacial score (nSPS) is 15.1. The van der Waals surface area contributed by atoms with E-state index < -0.39 is 9.84 Å². The second-order valence-corrected chi connectivity index (χ2v) is 6.64. The van der Waals surface area contributed by atoms with Gasteiger partial charge in [0.15, 0.2) is 9.84 Å². The zero-order valence-corrected chi connectivity index (χ0v) is 10.6. The molecule has 0 saturated heterocycles. The minimum absolute atomic E-state index is 0.125. The lowest BCUT2D eigenvalue weighted by Gasteiger charge is -2.17. The highest BCUT2D eigenvalue weighted by atomic mass is 32.2. The van der Waals surface area contributed by atoms with E-state index in [1.807, 2.05) is 29.2 Å². The van der Waals surface area contributed by atoms with Gasteiger partial charge in [0.1, 0.15) is 5.84 Å². The first-order valence-corrected chi connectivity index (χ1v) is 7.48. The highest BCUT2D eigenvalue weighted by molar-refractivity contribution is 7.91. The molecular weight excluding hydrogens is 236 g/mol. The summed E-state index contributed by atoms with van der Waals surface area (Å²) in [4.78, 5) is 1.82. The molecule has 92 valence electrons. The molecule has 0 bridgehead atoms. The summed E-state index contributed by atoms with van der Waals surface area (Å²) in [7, 11) is -2.96. The van der Waals surface area contributed by atoms with Gasteiger partial charge in [0.05, 0.1) is 5.75 Å². The quantitative estimate of drug-likeness (QED) is 0.877. The zero-order valence-electron chi connectivity index (χ0n) is 9.81. The first kappa shape index (κ1) is 12.1. The number of sulfone groups is 1. The molecule has 0 aromatic heterocycles. The van der Waals surface area contributed by atoms with E-state index in [0.717, 1.165) is 11.1 Å². The maximum absolute atomic E-state index is 11.4. The van der Waals surface area contributed by atoms with Gasteiger partial charge in [-0.3, -0.25) is 5.41 Å². The Labute approximate surface area is 102 Å². The fourth-order valence-corrected chi connectivity index (χ4v) is 2.72. The zero-order chi connectivity index (χ0) is 12.5. The smallest absolute Gasteiger partial charge is 0.151 e. The minimum atomic E-state index is -2.96. The van der Waals surface area contributed by atoms with Crippen molar-refractivity contribution in [2.45, 2.75) is 13.5 Å². The SMILES string of the molecule is CCS(=O)(=O)CCN1Cc2ccccc2C1=N. The summed E-state index contributed by atoms with van der Waals surface area (Å²) in [5.74, 6) is 0.730. The Morgan fingerprint density at radius 1 is 1.35 bits per heavy atom. The molecule has 1 N–H and O–H groups in total. The molecule has 0 spiro atoms. The van der Waals surface area contributed by atoms with E-state index in [1.54, 1.807) is 6.92 Å². The monoisotopic (exact) mass is 252 g/mol. The molecule has 1 aliphatic heterocycles. The number of nitrogens with one attached hydrogen (secondary N) is 1. The fraction of sp³-hybridized carbons (Fsp3) is 0.417. The van der Waals surface area contributed by atoms with Crippen LogP contribution in [0.15, 0.2) is 24.3 Å². The van der Waals surface area contributed by atoms with Crippen molar-refractivity contribution in [3.63, 3.8) is 0 Å². The standard InChI is InChI=1S/C12H16N2O2S/c1-2-17(15,16)8-7-14-9-10-5-3-4-6-11(10)12(14)13/h3-6,13H,2,7-9H2,1H3.